The lowest BCUT2D eigenvalue weighted by Gasteiger charge is -2.22. The van der Waals surface area contributed by atoms with Crippen LogP contribution in [-0.2, 0) is 11.2 Å². The van der Waals surface area contributed by atoms with Gasteiger partial charge in [-0.2, -0.15) is 0 Å². The molecule has 3 rings (SSSR count). The van der Waals surface area contributed by atoms with Crippen LogP contribution >= 0.6 is 11.6 Å². The molecule has 0 bridgehead atoms. The zero-order valence-electron chi connectivity index (χ0n) is 11.7. The van der Waals surface area contributed by atoms with Crippen LogP contribution in [0.15, 0.2) is 36.4 Å². The first-order valence-electron chi connectivity index (χ1n) is 6.92. The molecule has 1 amide bonds. The van der Waals surface area contributed by atoms with Gasteiger partial charge in [-0.25, -0.2) is 0 Å². The molecule has 1 aliphatic heterocycles. The molecule has 1 aliphatic rings. The average molecular weight is 302 g/mol. The zero-order chi connectivity index (χ0) is 15.0. The maximum Gasteiger partial charge on any atom is 0.224 e. The van der Waals surface area contributed by atoms with Crippen molar-refractivity contribution < 1.29 is 9.90 Å². The van der Waals surface area contributed by atoms with Crippen molar-refractivity contribution in [2.45, 2.75) is 25.9 Å². The lowest BCUT2D eigenvalue weighted by atomic mass is 9.92. The summed E-state index contributed by atoms with van der Waals surface area (Å²) in [6, 6.07) is 11.1. The van der Waals surface area contributed by atoms with E-state index in [1.807, 2.05) is 37.3 Å². The van der Waals surface area contributed by atoms with Crippen molar-refractivity contribution in [2.24, 2.45) is 0 Å². The number of hydrogen-bond donors (Lipinski definition) is 2. The van der Waals surface area contributed by atoms with Crippen LogP contribution in [0.3, 0.4) is 0 Å². The largest absolute Gasteiger partial charge is 0.384 e. The first-order valence-corrected chi connectivity index (χ1v) is 7.30. The van der Waals surface area contributed by atoms with E-state index in [0.717, 1.165) is 22.4 Å². The van der Waals surface area contributed by atoms with E-state index in [1.165, 1.54) is 0 Å². The number of amides is 1. The number of carbonyl (C=O) groups excluding carboxylic acids is 1. The average Bonchev–Trinajstić information content (AvgIpc) is 2.47. The molecule has 3 nitrogen and oxygen atoms in total. The second-order valence-corrected chi connectivity index (χ2v) is 5.75. The number of rotatable bonds is 2. The van der Waals surface area contributed by atoms with E-state index in [9.17, 15) is 9.90 Å². The fourth-order valence-corrected chi connectivity index (χ4v) is 2.99. The number of aryl methyl sites for hydroxylation is 2. The molecular formula is C17H16ClNO2. The Kier molecular flexibility index (Phi) is 3.70. The highest BCUT2D eigenvalue weighted by molar-refractivity contribution is 6.31. The van der Waals surface area contributed by atoms with Crippen LogP contribution in [0.4, 0.5) is 5.69 Å². The minimum absolute atomic E-state index is 0.0463. The van der Waals surface area contributed by atoms with Gasteiger partial charge in [-0.1, -0.05) is 41.9 Å². The number of fused-ring (bicyclic) bond motifs is 1. The van der Waals surface area contributed by atoms with Crippen molar-refractivity contribution in [3.05, 3.63) is 63.7 Å². The van der Waals surface area contributed by atoms with Gasteiger partial charge >= 0.3 is 0 Å². The number of hydrogen-bond acceptors (Lipinski definition) is 2. The molecular weight excluding hydrogens is 286 g/mol. The highest BCUT2D eigenvalue weighted by Gasteiger charge is 2.20. The molecule has 0 saturated heterocycles. The van der Waals surface area contributed by atoms with Crippen molar-refractivity contribution in [1.82, 2.24) is 0 Å². The van der Waals surface area contributed by atoms with Gasteiger partial charge in [-0.05, 0) is 36.1 Å². The third-order valence-electron chi connectivity index (χ3n) is 3.84. The lowest BCUT2D eigenvalue weighted by Crippen LogP contribution is -2.20. The van der Waals surface area contributed by atoms with Crippen molar-refractivity contribution >= 4 is 23.2 Å². The van der Waals surface area contributed by atoms with Crippen LogP contribution in [0.5, 0.6) is 0 Å². The normalized spacial score (nSPS) is 15.3. The van der Waals surface area contributed by atoms with Crippen molar-refractivity contribution in [3.8, 4) is 0 Å². The standard InChI is InChI=1S/C17H16ClNO2/c1-10-8-12(9-11-6-7-15(20)19-16(10)11)17(21)13-4-2-3-5-14(13)18/h2-5,8-9,17,21H,6-7H2,1H3,(H,19,20). The van der Waals surface area contributed by atoms with E-state index >= 15 is 0 Å². The highest BCUT2D eigenvalue weighted by Crippen LogP contribution is 2.34. The van der Waals surface area contributed by atoms with Crippen LogP contribution in [0.2, 0.25) is 5.02 Å². The Hall–Kier alpha value is -1.84. The van der Waals surface area contributed by atoms with E-state index in [4.69, 9.17) is 11.6 Å². The highest BCUT2D eigenvalue weighted by atomic mass is 35.5. The zero-order valence-corrected chi connectivity index (χ0v) is 12.4. The minimum atomic E-state index is -0.764. The van der Waals surface area contributed by atoms with Gasteiger partial charge in [0.2, 0.25) is 5.91 Å². The first-order chi connectivity index (χ1) is 10.1. The van der Waals surface area contributed by atoms with E-state index in [0.29, 0.717) is 23.4 Å². The Morgan fingerprint density at radius 3 is 2.76 bits per heavy atom. The monoisotopic (exact) mass is 301 g/mol. The van der Waals surface area contributed by atoms with Crippen LogP contribution in [-0.4, -0.2) is 11.0 Å². The summed E-state index contributed by atoms with van der Waals surface area (Å²) in [5, 5.41) is 14.0. The number of benzene rings is 2. The van der Waals surface area contributed by atoms with Gasteiger partial charge in [0, 0.05) is 22.7 Å². The fraction of sp³-hybridized carbons (Fsp3) is 0.235. The summed E-state index contributed by atoms with van der Waals surface area (Å²) >= 11 is 6.15. The first kappa shape index (κ1) is 14.1. The van der Waals surface area contributed by atoms with Crippen molar-refractivity contribution in [1.29, 1.82) is 0 Å². The van der Waals surface area contributed by atoms with Gasteiger partial charge in [0.1, 0.15) is 6.10 Å². The third-order valence-corrected chi connectivity index (χ3v) is 4.19. The van der Waals surface area contributed by atoms with Crippen molar-refractivity contribution in [2.75, 3.05) is 5.32 Å². The Bertz CT molecular complexity index is 712. The van der Waals surface area contributed by atoms with Gasteiger partial charge in [0.15, 0.2) is 0 Å². The van der Waals surface area contributed by atoms with Gasteiger partial charge < -0.3 is 10.4 Å². The summed E-state index contributed by atoms with van der Waals surface area (Å²) in [5.41, 5.74) is 4.40. The lowest BCUT2D eigenvalue weighted by molar-refractivity contribution is -0.116. The molecule has 0 radical (unpaired) electrons. The minimum Gasteiger partial charge on any atom is -0.384 e. The number of aliphatic hydroxyl groups is 1. The van der Waals surface area contributed by atoms with E-state index in [1.54, 1.807) is 6.07 Å². The summed E-state index contributed by atoms with van der Waals surface area (Å²) in [6.07, 6.45) is 0.420. The second kappa shape index (κ2) is 5.51. The van der Waals surface area contributed by atoms with Gasteiger partial charge in [-0.15, -0.1) is 0 Å². The predicted octanol–water partition coefficient (Wildman–Crippen LogP) is 3.61. The van der Waals surface area contributed by atoms with Crippen molar-refractivity contribution in [3.63, 3.8) is 0 Å². The number of anilines is 1. The van der Waals surface area contributed by atoms with E-state index < -0.39 is 6.10 Å². The molecule has 21 heavy (non-hydrogen) atoms. The van der Waals surface area contributed by atoms with E-state index in [-0.39, 0.29) is 5.91 Å². The molecule has 2 N–H and O–H groups in total. The number of nitrogens with one attached hydrogen (secondary N) is 1. The smallest absolute Gasteiger partial charge is 0.224 e. The van der Waals surface area contributed by atoms with Crippen LogP contribution in [0.1, 0.15) is 34.8 Å². The quantitative estimate of drug-likeness (QED) is 0.890. The summed E-state index contributed by atoms with van der Waals surface area (Å²) < 4.78 is 0. The molecule has 0 fully saturated rings. The van der Waals surface area contributed by atoms with Gasteiger partial charge in [0.05, 0.1) is 0 Å². The number of halogens is 1. The van der Waals surface area contributed by atoms with Gasteiger partial charge in [0.25, 0.3) is 0 Å². The molecule has 2 aromatic rings. The molecule has 1 unspecified atom stereocenters. The summed E-state index contributed by atoms with van der Waals surface area (Å²) in [6.45, 7) is 1.94. The number of carbonyl (C=O) groups is 1. The van der Waals surface area contributed by atoms with Gasteiger partial charge in [-0.3, -0.25) is 4.79 Å². The molecule has 0 aliphatic carbocycles. The molecule has 0 aromatic heterocycles. The summed E-state index contributed by atoms with van der Waals surface area (Å²) in [7, 11) is 0. The Morgan fingerprint density at radius 1 is 1.24 bits per heavy atom. The van der Waals surface area contributed by atoms with Crippen LogP contribution in [0, 0.1) is 6.92 Å². The fourth-order valence-electron chi connectivity index (χ4n) is 2.75. The summed E-state index contributed by atoms with van der Waals surface area (Å²) in [5.74, 6) is 0.0463. The molecule has 108 valence electrons. The molecule has 1 atom stereocenters. The maximum atomic E-state index is 11.5. The molecule has 2 aromatic carbocycles. The number of aliphatic hydroxyl groups excluding tert-OH is 1. The van der Waals surface area contributed by atoms with Crippen LogP contribution in [0.25, 0.3) is 0 Å². The van der Waals surface area contributed by atoms with E-state index in [2.05, 4.69) is 5.32 Å². The molecule has 4 heteroatoms. The third kappa shape index (κ3) is 2.67. The maximum absolute atomic E-state index is 11.5. The second-order valence-electron chi connectivity index (χ2n) is 5.34. The molecule has 0 spiro atoms. The Morgan fingerprint density at radius 2 is 2.00 bits per heavy atom. The predicted molar refractivity (Wildman–Crippen MR) is 83.6 cm³/mol. The topological polar surface area (TPSA) is 49.3 Å². The Labute approximate surface area is 128 Å². The summed E-state index contributed by atoms with van der Waals surface area (Å²) in [4.78, 5) is 11.5. The molecule has 1 heterocycles. The van der Waals surface area contributed by atoms with Crippen LogP contribution < -0.4 is 5.32 Å². The SMILES string of the molecule is Cc1cc(C(O)c2ccccc2Cl)cc2c1NC(=O)CC2. The Balaban J connectivity index is 2.02. The molecule has 0 saturated carbocycles.